The molecular formula is C40H26. The lowest BCUT2D eigenvalue weighted by Crippen LogP contribution is -2.03. The molecule has 0 saturated heterocycles. The third-order valence-electron chi connectivity index (χ3n) is 8.47. The zero-order chi connectivity index (χ0) is 26.8. The topological polar surface area (TPSA) is 0 Å². The van der Waals surface area contributed by atoms with Crippen molar-refractivity contribution in [2.45, 2.75) is 0 Å². The van der Waals surface area contributed by atoms with Crippen molar-refractivity contribution in [2.24, 2.45) is 0 Å². The van der Waals surface area contributed by atoms with Crippen LogP contribution in [0.4, 0.5) is 0 Å². The van der Waals surface area contributed by atoms with Gasteiger partial charge in [0.05, 0.1) is 0 Å². The fourth-order valence-corrected chi connectivity index (χ4v) is 6.74. The maximum absolute atomic E-state index is 4.45. The molecule has 0 heteroatoms. The molecule has 0 atom stereocenters. The molecular weight excluding hydrogens is 480 g/mol. The van der Waals surface area contributed by atoms with Crippen LogP contribution in [0.3, 0.4) is 0 Å². The van der Waals surface area contributed by atoms with E-state index in [2.05, 4.69) is 141 Å². The first-order chi connectivity index (χ1) is 19.7. The minimum atomic E-state index is 1.03. The number of benzene rings is 8. The summed E-state index contributed by atoms with van der Waals surface area (Å²) in [5, 5.41) is 13.4. The van der Waals surface area contributed by atoms with Crippen LogP contribution in [-0.4, -0.2) is 0 Å². The van der Waals surface area contributed by atoms with E-state index >= 15 is 0 Å². The van der Waals surface area contributed by atoms with Gasteiger partial charge in [-0.25, -0.2) is 0 Å². The Bertz CT molecular complexity index is 2300. The maximum Gasteiger partial charge on any atom is -0.00199 e. The molecule has 0 aromatic heterocycles. The Kier molecular flexibility index (Phi) is 4.93. The first kappa shape index (κ1) is 22.8. The van der Waals surface area contributed by atoms with E-state index in [0.29, 0.717) is 0 Å². The van der Waals surface area contributed by atoms with E-state index in [0.717, 1.165) is 10.8 Å². The van der Waals surface area contributed by atoms with Crippen LogP contribution in [0.1, 0.15) is 5.56 Å². The van der Waals surface area contributed by atoms with Crippen LogP contribution in [-0.2, 0) is 0 Å². The molecule has 8 aromatic rings. The second-order valence-electron chi connectivity index (χ2n) is 10.6. The zero-order valence-corrected chi connectivity index (χ0v) is 22.1. The smallest absolute Gasteiger partial charge is 0.00199 e. The summed E-state index contributed by atoms with van der Waals surface area (Å²) in [6, 6.07) is 46.4. The Hall–Kier alpha value is -5.20. The summed E-state index contributed by atoms with van der Waals surface area (Å²) in [5.74, 6) is 0. The fourth-order valence-electron chi connectivity index (χ4n) is 6.74. The van der Waals surface area contributed by atoms with Gasteiger partial charge in [0, 0.05) is 0 Å². The molecule has 0 radical (unpaired) electrons. The van der Waals surface area contributed by atoms with Crippen molar-refractivity contribution < 1.29 is 0 Å². The summed E-state index contributed by atoms with van der Waals surface area (Å²) in [6.07, 6.45) is 2.02. The maximum atomic E-state index is 4.45. The van der Waals surface area contributed by atoms with E-state index in [-0.39, 0.29) is 0 Å². The monoisotopic (exact) mass is 506 g/mol. The largest absolute Gasteiger partial charge is 0.0984 e. The molecule has 0 unspecified atom stereocenters. The molecule has 0 N–H and O–H groups in total. The summed E-state index contributed by atoms with van der Waals surface area (Å²) >= 11 is 0. The molecule has 0 aliphatic heterocycles. The van der Waals surface area contributed by atoms with Crippen LogP contribution < -0.4 is 5.22 Å². The number of rotatable bonds is 3. The summed E-state index contributed by atoms with van der Waals surface area (Å²) < 4.78 is 0. The van der Waals surface area contributed by atoms with Gasteiger partial charge in [-0.15, -0.1) is 0 Å². The van der Waals surface area contributed by atoms with Gasteiger partial charge in [0.15, 0.2) is 0 Å². The van der Waals surface area contributed by atoms with Crippen LogP contribution >= 0.6 is 0 Å². The zero-order valence-electron chi connectivity index (χ0n) is 22.1. The van der Waals surface area contributed by atoms with E-state index in [1.807, 2.05) is 6.08 Å². The lowest BCUT2D eigenvalue weighted by molar-refractivity contribution is 1.66. The minimum Gasteiger partial charge on any atom is -0.0984 e. The average molecular weight is 507 g/mol. The van der Waals surface area contributed by atoms with Crippen molar-refractivity contribution >= 4 is 66.5 Å². The SMILES string of the molecule is C=Cc1c(-c2c3ccccc3c(-c3ccc4ccccc4c3)c3ccccc23)cc2cccc3ccc(=C)c1c32. The van der Waals surface area contributed by atoms with Crippen molar-refractivity contribution in [3.63, 3.8) is 0 Å². The van der Waals surface area contributed by atoms with Crippen LogP contribution in [0.2, 0.25) is 0 Å². The average Bonchev–Trinajstić information content (AvgIpc) is 3.01. The molecule has 186 valence electrons. The molecule has 0 amide bonds. The molecule has 8 rings (SSSR count). The Balaban J connectivity index is 1.57. The molecule has 0 bridgehead atoms. The van der Waals surface area contributed by atoms with Crippen molar-refractivity contribution in [3.05, 3.63) is 145 Å². The molecule has 0 aliphatic carbocycles. The molecule has 0 nitrogen and oxygen atoms in total. The highest BCUT2D eigenvalue weighted by Gasteiger charge is 2.20. The van der Waals surface area contributed by atoms with Crippen LogP contribution in [0, 0.1) is 0 Å². The third kappa shape index (κ3) is 3.20. The molecule has 0 fully saturated rings. The van der Waals surface area contributed by atoms with Gasteiger partial charge in [0.25, 0.3) is 0 Å². The van der Waals surface area contributed by atoms with Crippen molar-refractivity contribution in [1.29, 1.82) is 0 Å². The van der Waals surface area contributed by atoms with Crippen molar-refractivity contribution in [3.8, 4) is 22.3 Å². The Morgan fingerprint density at radius 1 is 0.450 bits per heavy atom. The predicted octanol–water partition coefficient (Wildman–Crippen LogP) is 10.6. The van der Waals surface area contributed by atoms with E-state index < -0.39 is 0 Å². The van der Waals surface area contributed by atoms with Crippen LogP contribution in [0.25, 0.3) is 88.8 Å². The summed E-state index contributed by atoms with van der Waals surface area (Å²) in [6.45, 7) is 8.76. The summed E-state index contributed by atoms with van der Waals surface area (Å²) in [5.41, 5.74) is 6.10. The van der Waals surface area contributed by atoms with Gasteiger partial charge in [-0.3, -0.25) is 0 Å². The fraction of sp³-hybridized carbons (Fsp3) is 0. The first-order valence-electron chi connectivity index (χ1n) is 13.8. The highest BCUT2D eigenvalue weighted by atomic mass is 14.2. The third-order valence-corrected chi connectivity index (χ3v) is 8.47. The van der Waals surface area contributed by atoms with E-state index in [4.69, 9.17) is 0 Å². The molecule has 0 aliphatic rings. The molecule has 8 aromatic carbocycles. The van der Waals surface area contributed by atoms with Crippen molar-refractivity contribution in [2.75, 3.05) is 0 Å². The van der Waals surface area contributed by atoms with Gasteiger partial charge in [-0.05, 0) is 99.0 Å². The summed E-state index contributed by atoms with van der Waals surface area (Å²) in [7, 11) is 0. The standard InChI is InChI=1S/C40H26/c1-3-31-36(24-29-14-10-13-27-20-19-25(2)37(31)38(27)29)40-34-17-8-6-15-32(34)39(33-16-7-9-18-35(33)40)30-22-21-26-11-4-5-12-28(26)23-30/h3-24H,1-2H2. The Morgan fingerprint density at radius 2 is 1.02 bits per heavy atom. The van der Waals surface area contributed by atoms with E-state index in [1.54, 1.807) is 0 Å². The quantitative estimate of drug-likeness (QED) is 0.209. The van der Waals surface area contributed by atoms with Crippen LogP contribution in [0.5, 0.6) is 0 Å². The molecule has 0 heterocycles. The molecule has 0 spiro atoms. The van der Waals surface area contributed by atoms with Gasteiger partial charge in [0.2, 0.25) is 0 Å². The van der Waals surface area contributed by atoms with Gasteiger partial charge in [0.1, 0.15) is 0 Å². The van der Waals surface area contributed by atoms with Crippen molar-refractivity contribution in [1.82, 2.24) is 0 Å². The van der Waals surface area contributed by atoms with Gasteiger partial charge in [-0.2, -0.15) is 0 Å². The Morgan fingerprint density at radius 3 is 1.73 bits per heavy atom. The van der Waals surface area contributed by atoms with Crippen LogP contribution in [0.15, 0.2) is 134 Å². The highest BCUT2D eigenvalue weighted by molar-refractivity contribution is 6.24. The van der Waals surface area contributed by atoms with E-state index in [9.17, 15) is 0 Å². The first-order valence-corrected chi connectivity index (χ1v) is 13.8. The molecule has 40 heavy (non-hydrogen) atoms. The normalized spacial score (nSPS) is 11.7. The van der Waals surface area contributed by atoms with E-state index in [1.165, 1.54) is 76.1 Å². The van der Waals surface area contributed by atoms with Gasteiger partial charge < -0.3 is 0 Å². The predicted molar refractivity (Wildman–Crippen MR) is 176 cm³/mol. The second-order valence-corrected chi connectivity index (χ2v) is 10.6. The van der Waals surface area contributed by atoms with Gasteiger partial charge >= 0.3 is 0 Å². The highest BCUT2D eigenvalue weighted by Crippen LogP contribution is 2.46. The minimum absolute atomic E-state index is 1.03. The van der Waals surface area contributed by atoms with Gasteiger partial charge in [-0.1, -0.05) is 134 Å². The number of hydrogen-bond acceptors (Lipinski definition) is 0. The number of hydrogen-bond donors (Lipinski definition) is 0. The summed E-state index contributed by atoms with van der Waals surface area (Å²) in [4.78, 5) is 0. The molecule has 0 saturated carbocycles. The Labute approximate surface area is 233 Å². The lowest BCUT2D eigenvalue weighted by Gasteiger charge is -2.21. The second kappa shape index (κ2) is 8.66. The number of fused-ring (bicyclic) bond motifs is 3. The lowest BCUT2D eigenvalue weighted by atomic mass is 9.82.